The number of benzene rings is 3. The quantitative estimate of drug-likeness (QED) is 0.107. The topological polar surface area (TPSA) is 38.7 Å². The summed E-state index contributed by atoms with van der Waals surface area (Å²) < 4.78 is 0. The van der Waals surface area contributed by atoms with Crippen molar-refractivity contribution in [2.24, 2.45) is 0 Å². The fraction of sp³-hybridized carbons (Fsp3) is 0.353. The summed E-state index contributed by atoms with van der Waals surface area (Å²) in [7, 11) is -7.63. The van der Waals surface area contributed by atoms with Gasteiger partial charge in [-0.3, -0.25) is 0 Å². The van der Waals surface area contributed by atoms with Gasteiger partial charge in [-0.05, 0) is 32.6 Å². The number of nitrogens with zero attached hydrogens (tertiary/aromatic N) is 3. The fourth-order valence-electron chi connectivity index (χ4n) is 6.23. The summed E-state index contributed by atoms with van der Waals surface area (Å²) in [5.74, 6) is 0. The second kappa shape index (κ2) is 20.7. The van der Waals surface area contributed by atoms with Crippen molar-refractivity contribution in [2.75, 3.05) is 0 Å². The molecule has 0 saturated heterocycles. The van der Waals surface area contributed by atoms with Gasteiger partial charge < -0.3 is 15.0 Å². The van der Waals surface area contributed by atoms with E-state index < -0.39 is 48.4 Å². The van der Waals surface area contributed by atoms with Gasteiger partial charge in [0.05, 0.1) is 48.4 Å². The van der Waals surface area contributed by atoms with Gasteiger partial charge >= 0.3 is 20.1 Å². The summed E-state index contributed by atoms with van der Waals surface area (Å²) in [4.78, 5) is 14.0. The third kappa shape index (κ3) is 15.7. The van der Waals surface area contributed by atoms with E-state index >= 15 is 0 Å². The molecule has 0 radical (unpaired) electrons. The van der Waals surface area contributed by atoms with Crippen molar-refractivity contribution in [2.45, 2.75) is 118 Å². The standard InChI is InChI=1S/3C17H24NSi2.Ir/c3*1-19(2,3)15-9-7-8-14(12-15)17-11-10-16(13-18-17)20(4,5)6;/h3*7,9-13H,1-6H3;/q3*-1;+3. The van der Waals surface area contributed by atoms with Crippen LogP contribution in [0.15, 0.2) is 110 Å². The third-order valence-electron chi connectivity index (χ3n) is 10.7. The summed E-state index contributed by atoms with van der Waals surface area (Å²) in [5.41, 5.74) is 6.46. The van der Waals surface area contributed by atoms with Crippen LogP contribution in [-0.4, -0.2) is 63.4 Å². The molecule has 10 heteroatoms. The Labute approximate surface area is 391 Å². The summed E-state index contributed by atoms with van der Waals surface area (Å²) in [6, 6.07) is 42.7. The number of pyridine rings is 3. The number of rotatable bonds is 9. The zero-order chi connectivity index (χ0) is 44.9. The summed E-state index contributed by atoms with van der Waals surface area (Å²) in [6.45, 7) is 42.5. The Morgan fingerprint density at radius 1 is 0.295 bits per heavy atom. The molecule has 0 spiro atoms. The molecule has 3 aromatic carbocycles. The monoisotopic (exact) mass is 1090 g/mol. The van der Waals surface area contributed by atoms with E-state index in [9.17, 15) is 0 Å². The number of hydrogen-bond acceptors (Lipinski definition) is 3. The molecule has 0 N–H and O–H groups in total. The van der Waals surface area contributed by atoms with Crippen molar-refractivity contribution in [3.63, 3.8) is 0 Å². The molecule has 324 valence electrons. The van der Waals surface area contributed by atoms with Crippen LogP contribution in [0.3, 0.4) is 0 Å². The molecule has 0 aliphatic heterocycles. The zero-order valence-electron chi connectivity index (χ0n) is 40.6. The van der Waals surface area contributed by atoms with E-state index in [0.29, 0.717) is 0 Å². The van der Waals surface area contributed by atoms with Crippen LogP contribution in [0.5, 0.6) is 0 Å². The van der Waals surface area contributed by atoms with Crippen molar-refractivity contribution in [1.29, 1.82) is 0 Å². The molecular formula is C51H72IrN3Si6. The van der Waals surface area contributed by atoms with Crippen LogP contribution in [0.2, 0.25) is 118 Å². The van der Waals surface area contributed by atoms with E-state index in [1.54, 1.807) is 0 Å². The Morgan fingerprint density at radius 2 is 0.508 bits per heavy atom. The molecule has 0 aliphatic carbocycles. The predicted octanol–water partition coefficient (Wildman–Crippen LogP) is 10.9. The molecule has 6 rings (SSSR count). The molecule has 6 aromatic rings. The van der Waals surface area contributed by atoms with Crippen molar-refractivity contribution >= 4 is 79.6 Å². The molecule has 0 amide bonds. The maximum Gasteiger partial charge on any atom is 3.00 e. The van der Waals surface area contributed by atoms with Crippen molar-refractivity contribution < 1.29 is 20.1 Å². The first-order valence-corrected chi connectivity index (χ1v) is 42.5. The van der Waals surface area contributed by atoms with Crippen LogP contribution in [0, 0.1) is 18.2 Å². The second-order valence-corrected chi connectivity index (χ2v) is 52.7. The van der Waals surface area contributed by atoms with E-state index in [1.807, 2.05) is 18.2 Å². The van der Waals surface area contributed by atoms with Crippen LogP contribution in [0.1, 0.15) is 0 Å². The van der Waals surface area contributed by atoms with Gasteiger partial charge in [0.15, 0.2) is 0 Å². The van der Waals surface area contributed by atoms with Crippen molar-refractivity contribution in [1.82, 2.24) is 15.0 Å². The van der Waals surface area contributed by atoms with E-state index in [-0.39, 0.29) is 20.1 Å². The van der Waals surface area contributed by atoms with Crippen LogP contribution in [-0.2, 0) is 20.1 Å². The van der Waals surface area contributed by atoms with Gasteiger partial charge in [0, 0.05) is 18.6 Å². The zero-order valence-corrected chi connectivity index (χ0v) is 49.0. The number of hydrogen-bond donors (Lipinski definition) is 0. The van der Waals surface area contributed by atoms with Crippen LogP contribution < -0.4 is 31.1 Å². The molecule has 0 bridgehead atoms. The summed E-state index contributed by atoms with van der Waals surface area (Å²) >= 11 is 0. The molecule has 3 aromatic heterocycles. The van der Waals surface area contributed by atoms with E-state index in [2.05, 4.69) is 242 Å². The first-order valence-electron chi connectivity index (χ1n) is 21.5. The molecule has 0 aliphatic rings. The average Bonchev–Trinajstić information content (AvgIpc) is 3.17. The van der Waals surface area contributed by atoms with E-state index in [1.165, 1.54) is 31.1 Å². The van der Waals surface area contributed by atoms with E-state index in [0.717, 1.165) is 33.8 Å². The van der Waals surface area contributed by atoms with Gasteiger partial charge in [0.2, 0.25) is 0 Å². The maximum absolute atomic E-state index is 4.66. The second-order valence-electron chi connectivity index (χ2n) is 22.3. The molecule has 3 heterocycles. The van der Waals surface area contributed by atoms with Gasteiger partial charge in [-0.1, -0.05) is 154 Å². The Morgan fingerprint density at radius 3 is 0.672 bits per heavy atom. The predicted molar refractivity (Wildman–Crippen MR) is 283 cm³/mol. The fourth-order valence-corrected chi connectivity index (χ4v) is 12.8. The van der Waals surface area contributed by atoms with Gasteiger partial charge in [0.1, 0.15) is 0 Å². The first kappa shape index (κ1) is 52.4. The molecule has 0 unspecified atom stereocenters. The van der Waals surface area contributed by atoms with Gasteiger partial charge in [0.25, 0.3) is 0 Å². The molecule has 61 heavy (non-hydrogen) atoms. The Balaban J connectivity index is 0.000000242. The van der Waals surface area contributed by atoms with Crippen LogP contribution in [0.25, 0.3) is 33.8 Å². The normalized spacial score (nSPS) is 12.3. The Hall–Kier alpha value is -2.94. The Kier molecular flexibility index (Phi) is 17.8. The maximum atomic E-state index is 4.66. The minimum absolute atomic E-state index is 0. The van der Waals surface area contributed by atoms with Gasteiger partial charge in [-0.2, -0.15) is 0 Å². The van der Waals surface area contributed by atoms with Crippen LogP contribution >= 0.6 is 0 Å². The van der Waals surface area contributed by atoms with Gasteiger partial charge in [-0.25, -0.2) is 0 Å². The molecule has 0 atom stereocenters. The minimum atomic E-state index is -1.28. The van der Waals surface area contributed by atoms with E-state index in [4.69, 9.17) is 0 Å². The molecule has 0 fully saturated rings. The Bertz CT molecular complexity index is 2040. The first-order chi connectivity index (χ1) is 27.5. The SMILES string of the molecule is C[Si](C)(C)c1ccc(-c2[c-]ccc([Si](C)(C)C)c2)nc1.C[Si](C)(C)c1ccc(-c2[c-]ccc([Si](C)(C)C)c2)nc1.C[Si](C)(C)c1ccc(-c2[c-]ccc([Si](C)(C)C)c2)nc1.[Ir+3]. The smallest absolute Gasteiger partial charge is 0.305 e. The van der Waals surface area contributed by atoms with Crippen molar-refractivity contribution in [3.05, 3.63) is 128 Å². The van der Waals surface area contributed by atoms with Crippen LogP contribution in [0.4, 0.5) is 0 Å². The van der Waals surface area contributed by atoms with Crippen molar-refractivity contribution in [3.8, 4) is 33.8 Å². The molecule has 3 nitrogen and oxygen atoms in total. The average molecular weight is 1090 g/mol. The summed E-state index contributed by atoms with van der Waals surface area (Å²) in [6.07, 6.45) is 6.16. The minimum Gasteiger partial charge on any atom is -0.305 e. The largest absolute Gasteiger partial charge is 3.00 e. The third-order valence-corrected chi connectivity index (χ3v) is 22.9. The van der Waals surface area contributed by atoms with Gasteiger partial charge in [-0.15, -0.1) is 105 Å². The summed E-state index contributed by atoms with van der Waals surface area (Å²) in [5, 5.41) is 8.60. The molecular weight excluding hydrogens is 1020 g/mol. The number of aromatic nitrogens is 3. The molecule has 0 saturated carbocycles.